The van der Waals surface area contributed by atoms with Gasteiger partial charge in [0.25, 0.3) is 0 Å². The smallest absolute Gasteiger partial charge is 0.255 e. The zero-order chi connectivity index (χ0) is 29.9. The van der Waals surface area contributed by atoms with Crippen molar-refractivity contribution in [2.75, 3.05) is 0 Å². The maximum absolute atomic E-state index is 4.29. The predicted molar refractivity (Wildman–Crippen MR) is 171 cm³/mol. The van der Waals surface area contributed by atoms with Gasteiger partial charge < -0.3 is 0 Å². The molecular weight excluding hydrogens is 575 g/mol. The van der Waals surface area contributed by atoms with Crippen LogP contribution < -0.4 is 0 Å². The van der Waals surface area contributed by atoms with E-state index < -0.39 is 0 Å². The summed E-state index contributed by atoms with van der Waals surface area (Å²) in [5.41, 5.74) is 12.9. The Hall–Kier alpha value is -4.59. The summed E-state index contributed by atoms with van der Waals surface area (Å²) >= 11 is 0. The fraction of sp³-hybridized carbons (Fsp3) is 0.167. The Kier molecular flexibility index (Phi) is 12.4. The van der Waals surface area contributed by atoms with Gasteiger partial charge in [-0.25, -0.2) is 0 Å². The predicted octanol–water partition coefficient (Wildman–Crippen LogP) is 8.28. The van der Waals surface area contributed by atoms with Gasteiger partial charge in [0, 0.05) is 37.2 Å². The summed E-state index contributed by atoms with van der Waals surface area (Å²) < 4.78 is 0. The summed E-state index contributed by atoms with van der Waals surface area (Å²) in [5, 5.41) is 0. The number of aryl methyl sites for hydroxylation is 6. The summed E-state index contributed by atoms with van der Waals surface area (Å²) in [6.07, 6.45) is 10.9. The Balaban J connectivity index is 0.000000175. The SMILES string of the molecule is Cc1ccnc(-c2cc(C)ccn2)c1.Cc1ccnc(-c2cc(C)ccn2)c1.Cc1ccnc(-c2cc(C)ccn2)c1.[Co+3]. The topological polar surface area (TPSA) is 77.3 Å². The summed E-state index contributed by atoms with van der Waals surface area (Å²) in [6.45, 7) is 12.3. The molecule has 0 unspecified atom stereocenters. The molecule has 43 heavy (non-hydrogen) atoms. The van der Waals surface area contributed by atoms with Gasteiger partial charge >= 0.3 is 16.8 Å². The first-order chi connectivity index (χ1) is 20.3. The fourth-order valence-corrected chi connectivity index (χ4v) is 4.06. The molecule has 0 radical (unpaired) electrons. The van der Waals surface area contributed by atoms with Crippen LogP contribution in [0, 0.1) is 41.5 Å². The third-order valence-corrected chi connectivity index (χ3v) is 6.28. The zero-order valence-corrected chi connectivity index (χ0v) is 26.4. The van der Waals surface area contributed by atoms with E-state index in [0.29, 0.717) is 0 Å². The second-order valence-corrected chi connectivity index (χ2v) is 10.3. The van der Waals surface area contributed by atoms with Gasteiger partial charge in [0.2, 0.25) is 0 Å². The molecule has 0 spiro atoms. The second-order valence-electron chi connectivity index (χ2n) is 10.3. The van der Waals surface area contributed by atoms with Crippen molar-refractivity contribution < 1.29 is 16.8 Å². The first-order valence-electron chi connectivity index (χ1n) is 13.8. The molecule has 0 amide bonds. The normalized spacial score (nSPS) is 9.91. The Morgan fingerprint density at radius 1 is 0.279 bits per heavy atom. The molecule has 7 heteroatoms. The van der Waals surface area contributed by atoms with Crippen molar-refractivity contribution in [1.82, 2.24) is 29.9 Å². The van der Waals surface area contributed by atoms with Gasteiger partial charge in [-0.15, -0.1) is 0 Å². The number of aromatic nitrogens is 6. The molecule has 0 atom stereocenters. The third-order valence-electron chi connectivity index (χ3n) is 6.28. The van der Waals surface area contributed by atoms with E-state index >= 15 is 0 Å². The van der Waals surface area contributed by atoms with E-state index in [1.54, 1.807) is 0 Å². The molecule has 6 heterocycles. The number of pyridine rings is 6. The number of nitrogens with zero attached hydrogens (tertiary/aromatic N) is 6. The van der Waals surface area contributed by atoms with Gasteiger partial charge in [0.15, 0.2) is 0 Å². The van der Waals surface area contributed by atoms with E-state index in [2.05, 4.69) is 71.4 Å². The number of rotatable bonds is 3. The standard InChI is InChI=1S/3C12H12N2.Co/c3*1-9-3-5-13-11(7-9)12-8-10(2)4-6-14-12;/h3*3-8H,1-2H3;/q;;;+3. The van der Waals surface area contributed by atoms with Crippen LogP contribution in [0.25, 0.3) is 34.2 Å². The van der Waals surface area contributed by atoms with E-state index in [0.717, 1.165) is 34.2 Å². The second kappa shape index (κ2) is 16.2. The Morgan fingerprint density at radius 3 is 0.535 bits per heavy atom. The van der Waals surface area contributed by atoms with Crippen LogP contribution in [0.15, 0.2) is 110 Å². The van der Waals surface area contributed by atoms with Crippen molar-refractivity contribution in [3.05, 3.63) is 143 Å². The fourth-order valence-electron chi connectivity index (χ4n) is 4.06. The van der Waals surface area contributed by atoms with Crippen LogP contribution in [0.4, 0.5) is 0 Å². The maximum atomic E-state index is 4.29. The van der Waals surface area contributed by atoms with Gasteiger partial charge in [-0.1, -0.05) is 0 Å². The quantitative estimate of drug-likeness (QED) is 0.200. The van der Waals surface area contributed by atoms with Gasteiger partial charge in [-0.2, -0.15) is 0 Å². The number of hydrogen-bond acceptors (Lipinski definition) is 6. The molecule has 0 saturated carbocycles. The average molecular weight is 612 g/mol. The van der Waals surface area contributed by atoms with Crippen molar-refractivity contribution in [2.45, 2.75) is 41.5 Å². The molecule has 0 aliphatic carbocycles. The van der Waals surface area contributed by atoms with E-state index in [1.165, 1.54) is 33.4 Å². The monoisotopic (exact) mass is 611 g/mol. The van der Waals surface area contributed by atoms with E-state index in [1.807, 2.05) is 110 Å². The van der Waals surface area contributed by atoms with Crippen molar-refractivity contribution >= 4 is 0 Å². The minimum Gasteiger partial charge on any atom is -0.255 e. The van der Waals surface area contributed by atoms with Crippen molar-refractivity contribution in [1.29, 1.82) is 0 Å². The van der Waals surface area contributed by atoms with Crippen molar-refractivity contribution in [3.8, 4) is 34.2 Å². The Morgan fingerprint density at radius 2 is 0.419 bits per heavy atom. The molecule has 0 aromatic carbocycles. The van der Waals surface area contributed by atoms with E-state index in [9.17, 15) is 0 Å². The van der Waals surface area contributed by atoms with Crippen molar-refractivity contribution in [3.63, 3.8) is 0 Å². The van der Waals surface area contributed by atoms with Crippen LogP contribution in [0.5, 0.6) is 0 Å². The number of hydrogen-bond donors (Lipinski definition) is 0. The molecule has 6 nitrogen and oxygen atoms in total. The first kappa shape index (κ1) is 32.9. The molecule has 216 valence electrons. The minimum absolute atomic E-state index is 0. The van der Waals surface area contributed by atoms with E-state index in [4.69, 9.17) is 0 Å². The first-order valence-corrected chi connectivity index (χ1v) is 13.8. The summed E-state index contributed by atoms with van der Waals surface area (Å²) in [4.78, 5) is 25.7. The summed E-state index contributed by atoms with van der Waals surface area (Å²) in [7, 11) is 0. The molecule has 0 aliphatic heterocycles. The summed E-state index contributed by atoms with van der Waals surface area (Å²) in [5.74, 6) is 0. The molecule has 0 aliphatic rings. The molecule has 0 saturated heterocycles. The van der Waals surface area contributed by atoms with Crippen LogP contribution >= 0.6 is 0 Å². The minimum atomic E-state index is 0. The zero-order valence-electron chi connectivity index (χ0n) is 25.4. The van der Waals surface area contributed by atoms with Gasteiger partial charge in [0.1, 0.15) is 0 Å². The molecule has 6 rings (SSSR count). The largest absolute Gasteiger partial charge is 3.00 e. The molecule has 6 aromatic heterocycles. The van der Waals surface area contributed by atoms with Gasteiger partial charge in [-0.05, 0) is 148 Å². The van der Waals surface area contributed by atoms with Crippen LogP contribution in [-0.4, -0.2) is 29.9 Å². The molecule has 0 fully saturated rings. The van der Waals surface area contributed by atoms with Crippen molar-refractivity contribution in [2.24, 2.45) is 0 Å². The molecule has 0 bridgehead atoms. The van der Waals surface area contributed by atoms with Gasteiger partial charge in [-0.3, -0.25) is 29.9 Å². The Bertz CT molecular complexity index is 1430. The summed E-state index contributed by atoms with van der Waals surface area (Å²) in [6, 6.07) is 24.2. The third kappa shape index (κ3) is 10.3. The molecule has 0 N–H and O–H groups in total. The Labute approximate surface area is 265 Å². The average Bonchev–Trinajstić information content (AvgIpc) is 2.98. The van der Waals surface area contributed by atoms with Crippen LogP contribution in [0.2, 0.25) is 0 Å². The van der Waals surface area contributed by atoms with Gasteiger partial charge in [0.05, 0.1) is 34.2 Å². The van der Waals surface area contributed by atoms with Crippen LogP contribution in [-0.2, 0) is 16.8 Å². The van der Waals surface area contributed by atoms with Crippen LogP contribution in [0.3, 0.4) is 0 Å². The molecule has 6 aromatic rings. The maximum Gasteiger partial charge on any atom is 3.00 e. The van der Waals surface area contributed by atoms with E-state index in [-0.39, 0.29) is 16.8 Å². The van der Waals surface area contributed by atoms with Crippen LogP contribution in [0.1, 0.15) is 33.4 Å². The molecular formula is C36H36CoN6+3.